The van der Waals surface area contributed by atoms with Crippen LogP contribution in [-0.2, 0) is 24.2 Å². The molecule has 0 aromatic heterocycles. The van der Waals surface area contributed by atoms with Gasteiger partial charge in [-0.25, -0.2) is 4.79 Å². The number of thioether (sulfide) groups is 1. The Morgan fingerprint density at radius 1 is 0.884 bits per heavy atom. The van der Waals surface area contributed by atoms with Crippen LogP contribution in [0.3, 0.4) is 0 Å². The summed E-state index contributed by atoms with van der Waals surface area (Å²) < 4.78 is 28.7. The van der Waals surface area contributed by atoms with Gasteiger partial charge in [-0.2, -0.15) is 11.8 Å². The number of hydrogen-bond acceptors (Lipinski definition) is 7. The highest BCUT2D eigenvalue weighted by molar-refractivity contribution is 7.99. The Morgan fingerprint density at radius 3 is 2.02 bits per heavy atom. The third kappa shape index (κ3) is 18.4. The smallest absolute Gasteiger partial charge is 0.350 e. The summed E-state index contributed by atoms with van der Waals surface area (Å²) in [4.78, 5) is 11.0. The minimum absolute atomic E-state index is 0.0799. The van der Waals surface area contributed by atoms with E-state index in [1.54, 1.807) is 0 Å². The number of carboxylic acids is 1. The molecule has 1 aromatic carbocycles. The van der Waals surface area contributed by atoms with Gasteiger partial charge in [-0.3, -0.25) is 4.57 Å². The lowest BCUT2D eigenvalue weighted by Crippen LogP contribution is -2.37. The van der Waals surface area contributed by atoms with Crippen molar-refractivity contribution < 1.29 is 33.8 Å². The SMILES string of the molecule is CCCCCCCCSCCCCCCCC(Oc1ccc(C(C)(C)C)cc1)C(C)OCCCOCC(O)(P=O)C(=O)O. The number of ether oxygens (including phenoxy) is 3. The Kier molecular flexibility index (Phi) is 21.5. The van der Waals surface area contributed by atoms with Crippen LogP contribution in [0.15, 0.2) is 24.3 Å². The molecule has 2 N–H and O–H groups in total. The number of benzene rings is 1. The van der Waals surface area contributed by atoms with E-state index in [2.05, 4.69) is 51.6 Å². The third-order valence-electron chi connectivity index (χ3n) is 7.56. The Morgan fingerprint density at radius 2 is 1.47 bits per heavy atom. The fourth-order valence-corrected chi connectivity index (χ4v) is 5.89. The first-order chi connectivity index (χ1) is 20.5. The van der Waals surface area contributed by atoms with E-state index in [9.17, 15) is 14.5 Å². The molecule has 0 aliphatic heterocycles. The van der Waals surface area contributed by atoms with E-state index in [0.717, 1.165) is 18.6 Å². The molecule has 0 spiro atoms. The predicted molar refractivity (Wildman–Crippen MR) is 179 cm³/mol. The summed E-state index contributed by atoms with van der Waals surface area (Å²) in [6, 6.07) is 8.32. The first-order valence-electron chi connectivity index (χ1n) is 16.4. The van der Waals surface area contributed by atoms with Crippen LogP contribution in [0.5, 0.6) is 5.75 Å². The molecule has 0 saturated heterocycles. The summed E-state index contributed by atoms with van der Waals surface area (Å²) in [5.74, 6) is 1.83. The van der Waals surface area contributed by atoms with Crippen molar-refractivity contribution in [3.63, 3.8) is 0 Å². The van der Waals surface area contributed by atoms with Gasteiger partial charge in [0.15, 0.2) is 0 Å². The first-order valence-corrected chi connectivity index (χ1v) is 18.3. The van der Waals surface area contributed by atoms with Gasteiger partial charge < -0.3 is 24.4 Å². The fourth-order valence-electron chi connectivity index (χ4n) is 4.64. The second kappa shape index (κ2) is 23.2. The average Bonchev–Trinajstić information content (AvgIpc) is 2.97. The number of hydrogen-bond donors (Lipinski definition) is 2. The highest BCUT2D eigenvalue weighted by Crippen LogP contribution is 2.26. The Labute approximate surface area is 267 Å². The largest absolute Gasteiger partial charge is 0.488 e. The van der Waals surface area contributed by atoms with Gasteiger partial charge in [0, 0.05) is 13.2 Å². The Hall–Kier alpha value is -1.18. The number of rotatable bonds is 27. The number of unbranched alkanes of at least 4 members (excludes halogenated alkanes) is 9. The second-order valence-corrected chi connectivity index (χ2v) is 14.7. The number of aliphatic hydroxyl groups is 1. The van der Waals surface area contributed by atoms with Gasteiger partial charge in [-0.15, -0.1) is 0 Å². The molecule has 0 radical (unpaired) electrons. The van der Waals surface area contributed by atoms with E-state index in [4.69, 9.17) is 19.3 Å². The van der Waals surface area contributed by atoms with Gasteiger partial charge in [0.25, 0.3) is 5.34 Å². The van der Waals surface area contributed by atoms with E-state index >= 15 is 0 Å². The molecule has 0 aliphatic rings. The number of aliphatic carboxylic acids is 1. The van der Waals surface area contributed by atoms with Crippen LogP contribution in [0.4, 0.5) is 0 Å². The molecular weight excluding hydrogens is 583 g/mol. The van der Waals surface area contributed by atoms with Crippen LogP contribution in [0.2, 0.25) is 0 Å². The van der Waals surface area contributed by atoms with Gasteiger partial charge in [-0.05, 0) is 73.6 Å². The summed E-state index contributed by atoms with van der Waals surface area (Å²) in [5.41, 5.74) is 1.34. The van der Waals surface area contributed by atoms with Crippen molar-refractivity contribution in [2.45, 2.75) is 141 Å². The van der Waals surface area contributed by atoms with Crippen LogP contribution < -0.4 is 4.74 Å². The van der Waals surface area contributed by atoms with Crippen LogP contribution in [-0.4, -0.2) is 65.1 Å². The lowest BCUT2D eigenvalue weighted by molar-refractivity contribution is -0.154. The zero-order valence-electron chi connectivity index (χ0n) is 27.5. The van der Waals surface area contributed by atoms with Crippen LogP contribution in [0.25, 0.3) is 0 Å². The van der Waals surface area contributed by atoms with E-state index in [1.807, 2.05) is 19.1 Å². The maximum atomic E-state index is 11.0. The van der Waals surface area contributed by atoms with Gasteiger partial charge in [0.05, 0.1) is 12.7 Å². The third-order valence-corrected chi connectivity index (χ3v) is 9.34. The fraction of sp³-hybridized carbons (Fsp3) is 0.794. The predicted octanol–water partition coefficient (Wildman–Crippen LogP) is 9.04. The molecule has 3 unspecified atom stereocenters. The quantitative estimate of drug-likeness (QED) is 0.0724. The van der Waals surface area contributed by atoms with Crippen molar-refractivity contribution in [2.75, 3.05) is 31.3 Å². The normalized spacial score (nSPS) is 14.8. The van der Waals surface area contributed by atoms with Crippen LogP contribution in [0.1, 0.15) is 124 Å². The highest BCUT2D eigenvalue weighted by atomic mass is 32.2. The molecule has 0 saturated carbocycles. The maximum absolute atomic E-state index is 11.0. The Balaban J connectivity index is 2.42. The summed E-state index contributed by atoms with van der Waals surface area (Å²) >= 11 is 2.11. The standard InChI is InChI=1S/C34H59O7PS/c1-6-7-8-9-12-15-25-43-26-16-13-10-11-14-18-31(41-30-21-19-29(20-22-30)33(3,4)5)28(2)40-24-17-23-39-27-34(37,42-38)32(35)36/h19-22,28,31,37H,6-18,23-27H2,1-5H3,(H,35,36). The molecule has 1 aromatic rings. The molecule has 0 aliphatic carbocycles. The minimum Gasteiger partial charge on any atom is -0.488 e. The molecule has 7 nitrogen and oxygen atoms in total. The van der Waals surface area contributed by atoms with Crippen LogP contribution >= 0.6 is 20.2 Å². The zero-order valence-corrected chi connectivity index (χ0v) is 29.2. The molecule has 0 fully saturated rings. The van der Waals surface area contributed by atoms with Gasteiger partial charge >= 0.3 is 5.97 Å². The van der Waals surface area contributed by atoms with E-state index < -0.39 is 26.4 Å². The lowest BCUT2D eigenvalue weighted by Gasteiger charge is -2.26. The lowest BCUT2D eigenvalue weighted by atomic mass is 9.87. The van der Waals surface area contributed by atoms with Crippen LogP contribution in [0, 0.1) is 0 Å². The monoisotopic (exact) mass is 642 g/mol. The van der Waals surface area contributed by atoms with Gasteiger partial charge in [0.2, 0.25) is 8.46 Å². The van der Waals surface area contributed by atoms with Crippen molar-refractivity contribution in [3.05, 3.63) is 29.8 Å². The van der Waals surface area contributed by atoms with E-state index in [1.165, 1.54) is 81.3 Å². The summed E-state index contributed by atoms with van der Waals surface area (Å²) in [7, 11) is -0.897. The van der Waals surface area contributed by atoms with Crippen molar-refractivity contribution in [1.29, 1.82) is 0 Å². The van der Waals surface area contributed by atoms with Crippen molar-refractivity contribution >= 4 is 26.2 Å². The number of carbonyl (C=O) groups is 1. The summed E-state index contributed by atoms with van der Waals surface area (Å²) in [6.07, 6.45) is 15.5. The zero-order chi connectivity index (χ0) is 32.0. The molecular formula is C34H59O7PS. The molecule has 3 atom stereocenters. The van der Waals surface area contributed by atoms with Crippen molar-refractivity contribution in [2.24, 2.45) is 0 Å². The van der Waals surface area contributed by atoms with Crippen molar-refractivity contribution in [3.8, 4) is 5.75 Å². The molecule has 9 heteroatoms. The van der Waals surface area contributed by atoms with Gasteiger partial charge in [0.1, 0.15) is 11.9 Å². The maximum Gasteiger partial charge on any atom is 0.350 e. The second-order valence-electron chi connectivity index (χ2n) is 12.6. The topological polar surface area (TPSA) is 102 Å². The molecule has 43 heavy (non-hydrogen) atoms. The average molecular weight is 643 g/mol. The Bertz CT molecular complexity index is 861. The molecule has 0 amide bonds. The minimum atomic E-state index is -2.41. The first kappa shape index (κ1) is 39.8. The van der Waals surface area contributed by atoms with Crippen molar-refractivity contribution in [1.82, 2.24) is 0 Å². The molecule has 0 bridgehead atoms. The molecule has 0 heterocycles. The van der Waals surface area contributed by atoms with E-state index in [0.29, 0.717) is 13.0 Å². The summed E-state index contributed by atoms with van der Waals surface area (Å²) in [6.45, 7) is 10.9. The van der Waals surface area contributed by atoms with Gasteiger partial charge in [-0.1, -0.05) is 91.2 Å². The van der Waals surface area contributed by atoms with E-state index in [-0.39, 0.29) is 24.2 Å². The molecule has 248 valence electrons. The number of carboxylic acid groups (broad SMARTS) is 1. The molecule has 1 rings (SSSR count). The highest BCUT2D eigenvalue weighted by Gasteiger charge is 2.37. The summed E-state index contributed by atoms with van der Waals surface area (Å²) in [5, 5.41) is 16.3.